The third-order valence-electron chi connectivity index (χ3n) is 4.77. The van der Waals surface area contributed by atoms with Gasteiger partial charge in [0, 0.05) is 0 Å². The van der Waals surface area contributed by atoms with Crippen LogP contribution in [0, 0.1) is 0 Å². The number of phenols is 2. The number of esters is 1. The summed E-state index contributed by atoms with van der Waals surface area (Å²) in [6, 6.07) is 15.0. The first kappa shape index (κ1) is 17.9. The van der Waals surface area contributed by atoms with E-state index in [1.165, 1.54) is 25.3 Å². The minimum atomic E-state index is -1.97. The lowest BCUT2D eigenvalue weighted by atomic mass is 9.94. The molecule has 0 fully saturated rings. The van der Waals surface area contributed by atoms with Gasteiger partial charge in [-0.2, -0.15) is 0 Å². The molecule has 1 aliphatic rings. The van der Waals surface area contributed by atoms with Crippen LogP contribution in [0.5, 0.6) is 23.0 Å². The van der Waals surface area contributed by atoms with Gasteiger partial charge in [-0.15, -0.1) is 0 Å². The minimum Gasteiger partial charge on any atom is -0.504 e. The zero-order valence-electron chi connectivity index (χ0n) is 15.0. The Bertz CT molecular complexity index is 1020. The number of hydrogen-bond acceptors (Lipinski definition) is 7. The molecule has 0 bridgehead atoms. The van der Waals surface area contributed by atoms with E-state index in [9.17, 15) is 20.1 Å². The molecule has 3 N–H and O–H groups in total. The Labute approximate surface area is 160 Å². The molecule has 0 spiro atoms. The molecule has 4 rings (SSSR count). The summed E-state index contributed by atoms with van der Waals surface area (Å²) in [5.74, 6) is -2.77. The maximum absolute atomic E-state index is 11.8. The Hall–Kier alpha value is -3.45. The summed E-state index contributed by atoms with van der Waals surface area (Å²) in [5, 5.41) is 32.9. The molecule has 1 atom stereocenters. The van der Waals surface area contributed by atoms with Crippen LogP contribution in [-0.2, 0) is 15.3 Å². The Morgan fingerprint density at radius 2 is 1.64 bits per heavy atom. The van der Waals surface area contributed by atoms with Crippen LogP contribution in [0.4, 0.5) is 0 Å². The fourth-order valence-corrected chi connectivity index (χ4v) is 3.40. The molecule has 1 aliphatic heterocycles. The molecule has 0 aromatic heterocycles. The van der Waals surface area contributed by atoms with E-state index in [1.54, 1.807) is 24.3 Å². The first-order valence-electron chi connectivity index (χ1n) is 8.62. The lowest BCUT2D eigenvalue weighted by Gasteiger charge is -2.41. The molecule has 144 valence electrons. The van der Waals surface area contributed by atoms with E-state index in [0.717, 1.165) is 5.39 Å². The number of benzene rings is 3. The molecule has 3 aromatic rings. The van der Waals surface area contributed by atoms with Gasteiger partial charge in [-0.3, -0.25) is 4.79 Å². The highest BCUT2D eigenvalue weighted by Crippen LogP contribution is 2.49. The second kappa shape index (κ2) is 6.61. The molecular weight excluding hydrogens is 364 g/mol. The minimum absolute atomic E-state index is 0.0181. The van der Waals surface area contributed by atoms with Gasteiger partial charge in [0.05, 0.1) is 24.5 Å². The number of aromatic hydroxyl groups is 2. The quantitative estimate of drug-likeness (QED) is 0.471. The second-order valence-corrected chi connectivity index (χ2v) is 6.45. The van der Waals surface area contributed by atoms with Crippen LogP contribution in [0.15, 0.2) is 54.6 Å². The Morgan fingerprint density at radius 3 is 2.25 bits per heavy atom. The maximum atomic E-state index is 11.8. The van der Waals surface area contributed by atoms with Crippen molar-refractivity contribution >= 4 is 16.7 Å². The second-order valence-electron chi connectivity index (χ2n) is 6.45. The Kier molecular flexibility index (Phi) is 4.24. The molecule has 7 nitrogen and oxygen atoms in total. The zero-order valence-corrected chi connectivity index (χ0v) is 15.0. The van der Waals surface area contributed by atoms with Gasteiger partial charge in [0.25, 0.3) is 0 Å². The standard InChI is InChI=1S/C21H18O7/c1-26-18(24)11-17(23)21(13-7-4-8-14(22)20(13)25)27-15-9-2-5-12-6-3-10-16(28-21)19(12)15/h2-10,17,22-23,25H,11H2,1H3/t17-/m0/s1. The highest BCUT2D eigenvalue weighted by Gasteiger charge is 2.51. The van der Waals surface area contributed by atoms with Crippen LogP contribution < -0.4 is 9.47 Å². The molecule has 1 heterocycles. The van der Waals surface area contributed by atoms with Crippen molar-refractivity contribution in [2.75, 3.05) is 7.11 Å². The summed E-state index contributed by atoms with van der Waals surface area (Å²) in [4.78, 5) is 11.8. The van der Waals surface area contributed by atoms with E-state index < -0.39 is 35.8 Å². The summed E-state index contributed by atoms with van der Waals surface area (Å²) in [5.41, 5.74) is -0.0181. The van der Waals surface area contributed by atoms with E-state index >= 15 is 0 Å². The number of aliphatic hydroxyl groups is 1. The van der Waals surface area contributed by atoms with Crippen molar-refractivity contribution in [3.8, 4) is 23.0 Å². The summed E-state index contributed by atoms with van der Waals surface area (Å²) in [7, 11) is 1.20. The molecule has 0 amide bonds. The van der Waals surface area contributed by atoms with Crippen molar-refractivity contribution in [3.63, 3.8) is 0 Å². The fraction of sp³-hybridized carbons (Fsp3) is 0.190. The van der Waals surface area contributed by atoms with Gasteiger partial charge in [0.2, 0.25) is 0 Å². The van der Waals surface area contributed by atoms with Crippen molar-refractivity contribution in [2.45, 2.75) is 18.3 Å². The van der Waals surface area contributed by atoms with Gasteiger partial charge in [0.1, 0.15) is 17.6 Å². The molecule has 0 saturated carbocycles. The number of hydrogen-bond donors (Lipinski definition) is 3. The predicted octanol–water partition coefficient (Wildman–Crippen LogP) is 2.80. The monoisotopic (exact) mass is 382 g/mol. The summed E-state index contributed by atoms with van der Waals surface area (Å²) < 4.78 is 16.8. The summed E-state index contributed by atoms with van der Waals surface area (Å²) >= 11 is 0. The fourth-order valence-electron chi connectivity index (χ4n) is 3.40. The number of phenolic OH excluding ortho intramolecular Hbond substituents is 2. The van der Waals surface area contributed by atoms with Crippen molar-refractivity contribution < 1.29 is 34.3 Å². The number of para-hydroxylation sites is 1. The summed E-state index contributed by atoms with van der Waals surface area (Å²) in [6.45, 7) is 0. The van der Waals surface area contributed by atoms with Gasteiger partial charge in [0.15, 0.2) is 11.5 Å². The molecule has 28 heavy (non-hydrogen) atoms. The Balaban J connectivity index is 1.92. The van der Waals surface area contributed by atoms with Crippen molar-refractivity contribution in [1.82, 2.24) is 0 Å². The van der Waals surface area contributed by atoms with Crippen LogP contribution in [0.25, 0.3) is 10.8 Å². The Morgan fingerprint density at radius 1 is 1.04 bits per heavy atom. The molecule has 0 radical (unpaired) electrons. The van der Waals surface area contributed by atoms with E-state index in [-0.39, 0.29) is 5.56 Å². The van der Waals surface area contributed by atoms with Gasteiger partial charge in [-0.25, -0.2) is 0 Å². The number of ether oxygens (including phenoxy) is 3. The molecule has 0 aliphatic carbocycles. The third kappa shape index (κ3) is 2.68. The van der Waals surface area contributed by atoms with Gasteiger partial charge < -0.3 is 29.5 Å². The number of methoxy groups -OCH3 is 1. The van der Waals surface area contributed by atoms with Gasteiger partial charge in [-0.1, -0.05) is 30.3 Å². The number of rotatable bonds is 4. The van der Waals surface area contributed by atoms with Crippen molar-refractivity contribution in [1.29, 1.82) is 0 Å². The van der Waals surface area contributed by atoms with Crippen LogP contribution in [0.3, 0.4) is 0 Å². The van der Waals surface area contributed by atoms with Gasteiger partial charge in [-0.05, 0) is 29.7 Å². The number of aliphatic hydroxyl groups excluding tert-OH is 1. The molecule has 0 unspecified atom stereocenters. The smallest absolute Gasteiger partial charge is 0.308 e. The van der Waals surface area contributed by atoms with E-state index in [1.807, 2.05) is 12.1 Å². The number of carbonyl (C=O) groups is 1. The molecule has 0 saturated heterocycles. The van der Waals surface area contributed by atoms with E-state index in [0.29, 0.717) is 16.9 Å². The van der Waals surface area contributed by atoms with Crippen molar-refractivity contribution in [3.05, 3.63) is 60.2 Å². The van der Waals surface area contributed by atoms with Crippen LogP contribution in [-0.4, -0.2) is 34.5 Å². The van der Waals surface area contributed by atoms with Gasteiger partial charge >= 0.3 is 11.8 Å². The lowest BCUT2D eigenvalue weighted by molar-refractivity contribution is -0.205. The van der Waals surface area contributed by atoms with Crippen LogP contribution >= 0.6 is 0 Å². The SMILES string of the molecule is COC(=O)C[C@H](O)C1(c2cccc(O)c2O)Oc2cccc3cccc(c23)O1. The largest absolute Gasteiger partial charge is 0.504 e. The molecule has 7 heteroatoms. The normalized spacial score (nSPS) is 15.4. The average molecular weight is 382 g/mol. The third-order valence-corrected chi connectivity index (χ3v) is 4.77. The van der Waals surface area contributed by atoms with Crippen LogP contribution in [0.1, 0.15) is 12.0 Å². The average Bonchev–Trinajstić information content (AvgIpc) is 2.70. The first-order chi connectivity index (χ1) is 13.5. The predicted molar refractivity (Wildman–Crippen MR) is 99.3 cm³/mol. The van der Waals surface area contributed by atoms with E-state index in [2.05, 4.69) is 4.74 Å². The number of carbonyl (C=O) groups excluding carboxylic acids is 1. The van der Waals surface area contributed by atoms with Crippen molar-refractivity contribution in [2.24, 2.45) is 0 Å². The zero-order chi connectivity index (χ0) is 19.9. The summed E-state index contributed by atoms with van der Waals surface area (Å²) in [6.07, 6.45) is -2.00. The van der Waals surface area contributed by atoms with Crippen LogP contribution in [0.2, 0.25) is 0 Å². The first-order valence-corrected chi connectivity index (χ1v) is 8.62. The van der Waals surface area contributed by atoms with E-state index in [4.69, 9.17) is 9.47 Å². The highest BCUT2D eigenvalue weighted by atomic mass is 16.7. The maximum Gasteiger partial charge on any atom is 0.308 e. The topological polar surface area (TPSA) is 105 Å². The highest BCUT2D eigenvalue weighted by molar-refractivity contribution is 5.94. The molecule has 3 aromatic carbocycles. The lowest BCUT2D eigenvalue weighted by Crippen LogP contribution is -2.52. The molecular formula is C21H18O7.